The summed E-state index contributed by atoms with van der Waals surface area (Å²) in [6.07, 6.45) is 1.70. The largest absolute Gasteiger partial charge is 0.469 e. The first-order valence-electron chi connectivity index (χ1n) is 6.97. The summed E-state index contributed by atoms with van der Waals surface area (Å²) in [6.45, 7) is 0.355. The zero-order chi connectivity index (χ0) is 15.0. The van der Waals surface area contributed by atoms with Crippen molar-refractivity contribution in [3.05, 3.63) is 34.9 Å². The second kappa shape index (κ2) is 5.31. The van der Waals surface area contributed by atoms with E-state index in [-0.39, 0.29) is 24.5 Å². The lowest BCUT2D eigenvalue weighted by Crippen LogP contribution is -2.33. The Morgan fingerprint density at radius 2 is 2.10 bits per heavy atom. The van der Waals surface area contributed by atoms with Crippen LogP contribution in [0.25, 0.3) is 0 Å². The van der Waals surface area contributed by atoms with Gasteiger partial charge in [-0.1, -0.05) is 23.7 Å². The van der Waals surface area contributed by atoms with Crippen molar-refractivity contribution in [2.75, 3.05) is 13.7 Å². The van der Waals surface area contributed by atoms with Crippen molar-refractivity contribution < 1.29 is 14.3 Å². The highest BCUT2D eigenvalue weighted by molar-refractivity contribution is 6.30. The lowest BCUT2D eigenvalue weighted by molar-refractivity contribution is -0.141. The third-order valence-corrected chi connectivity index (χ3v) is 4.37. The van der Waals surface area contributed by atoms with Crippen LogP contribution in [-0.2, 0) is 14.3 Å². The van der Waals surface area contributed by atoms with Crippen LogP contribution in [0.15, 0.2) is 24.3 Å². The van der Waals surface area contributed by atoms with Crippen LogP contribution < -0.4 is 5.32 Å². The van der Waals surface area contributed by atoms with Crippen LogP contribution in [0.5, 0.6) is 0 Å². The molecule has 1 heterocycles. The average Bonchev–Trinajstić information content (AvgIpc) is 3.21. The number of methoxy groups -OCH3 is 1. The first kappa shape index (κ1) is 14.4. The Morgan fingerprint density at radius 3 is 2.67 bits per heavy atom. The fraction of sp³-hybridized carbons (Fsp3) is 0.467. The summed E-state index contributed by atoms with van der Waals surface area (Å²) >= 11 is 5.91. The topological polar surface area (TPSA) is 58.6 Å². The van der Waals surface area contributed by atoms with Crippen molar-refractivity contribution >= 4 is 23.5 Å². The minimum atomic E-state index is -0.416. The molecule has 21 heavy (non-hydrogen) atoms. The van der Waals surface area contributed by atoms with Gasteiger partial charge in [-0.3, -0.25) is 14.9 Å². The van der Waals surface area contributed by atoms with Crippen molar-refractivity contribution in [1.29, 1.82) is 0 Å². The minimum absolute atomic E-state index is 0.0753. The molecule has 1 aromatic rings. The highest BCUT2D eigenvalue weighted by atomic mass is 35.5. The number of halogens is 1. The van der Waals surface area contributed by atoms with Crippen LogP contribution in [-0.4, -0.2) is 36.0 Å². The van der Waals surface area contributed by atoms with E-state index in [4.69, 9.17) is 11.6 Å². The molecule has 3 rings (SSSR count). The smallest absolute Gasteiger partial charge is 0.307 e. The summed E-state index contributed by atoms with van der Waals surface area (Å²) < 4.78 is 4.65. The number of nitrogens with one attached hydrogen (secondary N) is 1. The van der Waals surface area contributed by atoms with Crippen molar-refractivity contribution in [2.24, 2.45) is 0 Å². The van der Waals surface area contributed by atoms with Crippen molar-refractivity contribution in [3.8, 4) is 0 Å². The molecule has 2 fully saturated rings. The highest BCUT2D eigenvalue weighted by Crippen LogP contribution is 2.45. The van der Waals surface area contributed by atoms with E-state index >= 15 is 0 Å². The Bertz CT molecular complexity index is 569. The van der Waals surface area contributed by atoms with Gasteiger partial charge in [0.1, 0.15) is 11.7 Å². The van der Waals surface area contributed by atoms with Gasteiger partial charge in [0.25, 0.3) is 0 Å². The predicted octanol–water partition coefficient (Wildman–Crippen LogP) is 1.87. The number of carbonyl (C=O) groups is 2. The molecule has 2 aliphatic rings. The number of benzene rings is 1. The van der Waals surface area contributed by atoms with Gasteiger partial charge in [-0.15, -0.1) is 0 Å². The lowest BCUT2D eigenvalue weighted by atomic mass is 10.1. The Hall–Kier alpha value is -1.59. The predicted molar refractivity (Wildman–Crippen MR) is 77.6 cm³/mol. The summed E-state index contributed by atoms with van der Waals surface area (Å²) in [6, 6.07) is 7.42. The monoisotopic (exact) mass is 308 g/mol. The van der Waals surface area contributed by atoms with Gasteiger partial charge in [0.15, 0.2) is 0 Å². The van der Waals surface area contributed by atoms with Gasteiger partial charge in [0.2, 0.25) is 5.91 Å². The molecule has 1 N–H and O–H groups in total. The molecule has 0 bridgehead atoms. The maximum Gasteiger partial charge on any atom is 0.307 e. The fourth-order valence-electron chi connectivity index (χ4n) is 2.73. The molecule has 1 saturated carbocycles. The van der Waals surface area contributed by atoms with Crippen LogP contribution in [0.3, 0.4) is 0 Å². The molecule has 5 nitrogen and oxygen atoms in total. The highest BCUT2D eigenvalue weighted by Gasteiger charge is 2.59. The molecule has 1 amide bonds. The zero-order valence-corrected chi connectivity index (χ0v) is 12.5. The third kappa shape index (κ3) is 2.63. The number of carbonyl (C=O) groups excluding carboxylic acids is 2. The number of amides is 1. The quantitative estimate of drug-likeness (QED) is 0.863. The molecule has 112 valence electrons. The van der Waals surface area contributed by atoms with E-state index in [9.17, 15) is 9.59 Å². The van der Waals surface area contributed by atoms with Gasteiger partial charge in [0, 0.05) is 11.6 Å². The molecule has 1 saturated heterocycles. The number of nitrogens with zero attached hydrogens (tertiary/aromatic N) is 1. The minimum Gasteiger partial charge on any atom is -0.469 e. The van der Waals surface area contributed by atoms with Gasteiger partial charge in [-0.2, -0.15) is 0 Å². The summed E-state index contributed by atoms with van der Waals surface area (Å²) in [4.78, 5) is 25.6. The van der Waals surface area contributed by atoms with Crippen molar-refractivity contribution in [2.45, 2.75) is 31.0 Å². The van der Waals surface area contributed by atoms with Gasteiger partial charge < -0.3 is 9.64 Å². The molecule has 6 heteroatoms. The summed E-state index contributed by atoms with van der Waals surface area (Å²) in [7, 11) is 1.35. The maximum atomic E-state index is 12.5. The van der Waals surface area contributed by atoms with Gasteiger partial charge in [0.05, 0.1) is 13.5 Å². The Balaban J connectivity index is 1.81. The van der Waals surface area contributed by atoms with Gasteiger partial charge in [-0.25, -0.2) is 0 Å². The van der Waals surface area contributed by atoms with Crippen molar-refractivity contribution in [3.63, 3.8) is 0 Å². The number of hydrogen-bond donors (Lipinski definition) is 1. The van der Waals surface area contributed by atoms with Crippen molar-refractivity contribution in [1.82, 2.24) is 10.2 Å². The third-order valence-electron chi connectivity index (χ3n) is 4.12. The van der Waals surface area contributed by atoms with E-state index in [0.717, 1.165) is 18.4 Å². The first-order valence-corrected chi connectivity index (χ1v) is 7.34. The summed E-state index contributed by atoms with van der Waals surface area (Å²) in [5.41, 5.74) is 0.557. The molecular weight excluding hydrogens is 292 g/mol. The Kier molecular flexibility index (Phi) is 3.63. The number of esters is 1. The number of hydrogen-bond acceptors (Lipinski definition) is 4. The summed E-state index contributed by atoms with van der Waals surface area (Å²) in [5.74, 6) is -0.235. The Labute approximate surface area is 128 Å². The average molecular weight is 309 g/mol. The van der Waals surface area contributed by atoms with Gasteiger partial charge >= 0.3 is 5.97 Å². The lowest BCUT2D eigenvalue weighted by Gasteiger charge is -2.24. The second-order valence-corrected chi connectivity index (χ2v) is 5.94. The van der Waals surface area contributed by atoms with Gasteiger partial charge in [-0.05, 0) is 30.5 Å². The van der Waals surface area contributed by atoms with Crippen LogP contribution in [0, 0.1) is 0 Å². The van der Waals surface area contributed by atoms with E-state index in [2.05, 4.69) is 10.1 Å². The van der Waals surface area contributed by atoms with E-state index in [1.54, 1.807) is 17.0 Å². The molecule has 1 aliphatic carbocycles. The van der Waals surface area contributed by atoms with E-state index < -0.39 is 5.54 Å². The Morgan fingerprint density at radius 1 is 1.43 bits per heavy atom. The van der Waals surface area contributed by atoms with E-state index in [1.165, 1.54) is 7.11 Å². The second-order valence-electron chi connectivity index (χ2n) is 5.51. The molecule has 1 aromatic carbocycles. The van der Waals surface area contributed by atoms with Crippen LogP contribution in [0.1, 0.15) is 31.0 Å². The summed E-state index contributed by atoms with van der Waals surface area (Å²) in [5, 5.41) is 4.06. The fourth-order valence-corrected chi connectivity index (χ4v) is 2.86. The standard InChI is InChI=1S/C15H17ClN2O3/c1-21-12(19)6-9-18-13(10-2-4-11(16)5-3-10)17-15(7-8-15)14(18)20/h2-5,13,17H,6-9H2,1H3. The first-order chi connectivity index (χ1) is 10.1. The molecule has 1 aliphatic heterocycles. The molecule has 1 unspecified atom stereocenters. The number of rotatable bonds is 4. The molecular formula is C15H17ClN2O3. The van der Waals surface area contributed by atoms with E-state index in [1.807, 2.05) is 12.1 Å². The maximum absolute atomic E-state index is 12.5. The molecule has 1 spiro atoms. The molecule has 0 radical (unpaired) electrons. The zero-order valence-electron chi connectivity index (χ0n) is 11.8. The van der Waals surface area contributed by atoms with E-state index in [0.29, 0.717) is 11.6 Å². The van der Waals surface area contributed by atoms with Crippen LogP contribution in [0.2, 0.25) is 5.02 Å². The number of ether oxygens (including phenoxy) is 1. The SMILES string of the molecule is COC(=O)CCN1C(=O)C2(CC2)NC1c1ccc(Cl)cc1. The molecule has 1 atom stereocenters. The molecule has 0 aromatic heterocycles. The normalized spacial score (nSPS) is 22.7. The van der Waals surface area contributed by atoms with Crippen LogP contribution in [0.4, 0.5) is 0 Å². The van der Waals surface area contributed by atoms with Crippen LogP contribution >= 0.6 is 11.6 Å².